The van der Waals surface area contributed by atoms with Gasteiger partial charge in [0.15, 0.2) is 10.1 Å². The molecule has 0 bridgehead atoms. The van der Waals surface area contributed by atoms with Crippen molar-refractivity contribution in [1.29, 1.82) is 0 Å². The number of thiazole rings is 2. The Hall–Kier alpha value is -3.36. The number of hydrogen-bond donors (Lipinski definition) is 0. The fourth-order valence-corrected chi connectivity index (χ4v) is 5.30. The van der Waals surface area contributed by atoms with Crippen LogP contribution in [0.15, 0.2) is 60.8 Å². The van der Waals surface area contributed by atoms with E-state index < -0.39 is 0 Å². The standard InChI is InChI=1S/C23H18N4O2S2/c1-14-10-11-17(29-2)19-20(14)31-23(26-19)27(13-15-7-5-6-12-24-15)22(28)21-25-16-8-3-4-9-18(16)30-21/h3-12H,13H2,1-2H3. The molecule has 0 radical (unpaired) electrons. The Balaban J connectivity index is 1.62. The van der Waals surface area contributed by atoms with Gasteiger partial charge in [0.1, 0.15) is 11.3 Å². The van der Waals surface area contributed by atoms with Gasteiger partial charge < -0.3 is 4.74 Å². The summed E-state index contributed by atoms with van der Waals surface area (Å²) in [7, 11) is 1.63. The van der Waals surface area contributed by atoms with Crippen LogP contribution in [-0.2, 0) is 6.54 Å². The maximum Gasteiger partial charge on any atom is 0.289 e. The monoisotopic (exact) mass is 446 g/mol. The molecule has 0 aliphatic carbocycles. The highest BCUT2D eigenvalue weighted by molar-refractivity contribution is 7.23. The molecule has 5 aromatic rings. The molecule has 0 aliphatic rings. The molecule has 8 heteroatoms. The molecule has 0 spiro atoms. The number of pyridine rings is 1. The van der Waals surface area contributed by atoms with Gasteiger partial charge in [0.2, 0.25) is 0 Å². The van der Waals surface area contributed by atoms with E-state index in [0.717, 1.165) is 31.7 Å². The van der Waals surface area contributed by atoms with Crippen molar-refractivity contribution in [3.05, 3.63) is 77.1 Å². The van der Waals surface area contributed by atoms with E-state index in [1.165, 1.54) is 22.7 Å². The summed E-state index contributed by atoms with van der Waals surface area (Å²) >= 11 is 2.86. The first-order chi connectivity index (χ1) is 15.1. The minimum Gasteiger partial charge on any atom is -0.494 e. The Morgan fingerprint density at radius 3 is 2.65 bits per heavy atom. The second-order valence-corrected chi connectivity index (χ2v) is 8.97. The smallest absolute Gasteiger partial charge is 0.289 e. The van der Waals surface area contributed by atoms with Gasteiger partial charge in [-0.25, -0.2) is 9.97 Å². The van der Waals surface area contributed by atoms with Crippen LogP contribution in [0.2, 0.25) is 0 Å². The fourth-order valence-electron chi connectivity index (χ4n) is 3.34. The van der Waals surface area contributed by atoms with Crippen LogP contribution in [0.4, 0.5) is 5.13 Å². The maximum absolute atomic E-state index is 13.6. The molecular formula is C23H18N4O2S2. The molecule has 0 N–H and O–H groups in total. The summed E-state index contributed by atoms with van der Waals surface area (Å²) < 4.78 is 7.47. The number of benzene rings is 2. The van der Waals surface area contributed by atoms with Crippen LogP contribution < -0.4 is 9.64 Å². The van der Waals surface area contributed by atoms with E-state index in [9.17, 15) is 4.79 Å². The van der Waals surface area contributed by atoms with E-state index in [2.05, 4.69) is 9.97 Å². The SMILES string of the molecule is COc1ccc(C)c2sc(N(Cc3ccccn3)C(=O)c3nc4ccccc4s3)nc12. The van der Waals surface area contributed by atoms with Gasteiger partial charge in [0.25, 0.3) is 5.91 Å². The Bertz CT molecular complexity index is 1360. The van der Waals surface area contributed by atoms with Crippen molar-refractivity contribution in [1.82, 2.24) is 15.0 Å². The van der Waals surface area contributed by atoms with Crippen LogP contribution >= 0.6 is 22.7 Å². The van der Waals surface area contributed by atoms with E-state index >= 15 is 0 Å². The minimum absolute atomic E-state index is 0.192. The number of rotatable bonds is 5. The number of amides is 1. The number of anilines is 1. The summed E-state index contributed by atoms with van der Waals surface area (Å²) in [4.78, 5) is 29.0. The number of carbonyl (C=O) groups is 1. The number of fused-ring (bicyclic) bond motifs is 2. The number of methoxy groups -OCH3 is 1. The molecule has 0 atom stereocenters. The van der Waals surface area contributed by atoms with Crippen LogP contribution in [0, 0.1) is 6.92 Å². The zero-order valence-corrected chi connectivity index (χ0v) is 18.5. The van der Waals surface area contributed by atoms with E-state index in [0.29, 0.717) is 22.4 Å². The number of ether oxygens (including phenoxy) is 1. The zero-order valence-electron chi connectivity index (χ0n) is 16.9. The summed E-state index contributed by atoms with van der Waals surface area (Å²) in [6.45, 7) is 2.33. The normalized spacial score (nSPS) is 11.2. The Kier molecular flexibility index (Phi) is 5.09. The maximum atomic E-state index is 13.6. The molecule has 0 aliphatic heterocycles. The average molecular weight is 447 g/mol. The van der Waals surface area contributed by atoms with Crippen molar-refractivity contribution < 1.29 is 9.53 Å². The second kappa shape index (κ2) is 8.05. The van der Waals surface area contributed by atoms with Gasteiger partial charge in [-0.15, -0.1) is 11.3 Å². The first kappa shape index (κ1) is 19.6. The largest absolute Gasteiger partial charge is 0.494 e. The lowest BCUT2D eigenvalue weighted by molar-refractivity contribution is 0.0984. The Morgan fingerprint density at radius 1 is 1.03 bits per heavy atom. The summed E-state index contributed by atoms with van der Waals surface area (Å²) in [6.07, 6.45) is 1.72. The topological polar surface area (TPSA) is 68.2 Å². The van der Waals surface area contributed by atoms with Crippen molar-refractivity contribution >= 4 is 54.1 Å². The number of hydrogen-bond acceptors (Lipinski definition) is 7. The van der Waals surface area contributed by atoms with E-state index in [1.807, 2.05) is 61.5 Å². The van der Waals surface area contributed by atoms with Crippen LogP contribution in [0.3, 0.4) is 0 Å². The van der Waals surface area contributed by atoms with E-state index in [1.54, 1.807) is 18.2 Å². The van der Waals surface area contributed by atoms with Crippen LogP contribution in [-0.4, -0.2) is 28.0 Å². The quantitative estimate of drug-likeness (QED) is 0.358. The van der Waals surface area contributed by atoms with Crippen molar-refractivity contribution in [3.8, 4) is 5.75 Å². The lowest BCUT2D eigenvalue weighted by Crippen LogP contribution is -2.30. The van der Waals surface area contributed by atoms with Crippen LogP contribution in [0.25, 0.3) is 20.4 Å². The molecule has 2 aromatic carbocycles. The average Bonchev–Trinajstić information content (AvgIpc) is 3.43. The van der Waals surface area contributed by atoms with Gasteiger partial charge in [-0.2, -0.15) is 0 Å². The first-order valence-corrected chi connectivity index (χ1v) is 11.3. The molecule has 0 saturated heterocycles. The number of nitrogens with zero attached hydrogens (tertiary/aromatic N) is 4. The van der Waals surface area contributed by atoms with Crippen LogP contribution in [0.5, 0.6) is 5.75 Å². The van der Waals surface area contributed by atoms with Gasteiger partial charge in [0, 0.05) is 6.20 Å². The van der Waals surface area contributed by atoms with Crippen molar-refractivity contribution in [2.45, 2.75) is 13.5 Å². The molecule has 0 unspecified atom stereocenters. The summed E-state index contributed by atoms with van der Waals surface area (Å²) in [5.74, 6) is 0.496. The molecule has 3 aromatic heterocycles. The third kappa shape index (κ3) is 3.64. The fraction of sp³-hybridized carbons (Fsp3) is 0.130. The van der Waals surface area contributed by atoms with E-state index in [4.69, 9.17) is 9.72 Å². The summed E-state index contributed by atoms with van der Waals surface area (Å²) in [5, 5.41) is 1.03. The zero-order chi connectivity index (χ0) is 21.4. The van der Waals surface area contributed by atoms with Crippen molar-refractivity contribution in [2.24, 2.45) is 0 Å². The molecule has 154 valence electrons. The molecule has 0 fully saturated rings. The number of carbonyl (C=O) groups excluding carboxylic acids is 1. The number of aryl methyl sites for hydroxylation is 1. The number of aromatic nitrogens is 3. The predicted molar refractivity (Wildman–Crippen MR) is 125 cm³/mol. The lowest BCUT2D eigenvalue weighted by atomic mass is 10.2. The van der Waals surface area contributed by atoms with Gasteiger partial charge in [0.05, 0.1) is 34.3 Å². The predicted octanol–water partition coefficient (Wildman–Crippen LogP) is 5.47. The molecule has 6 nitrogen and oxygen atoms in total. The first-order valence-electron chi connectivity index (χ1n) is 9.65. The molecule has 1 amide bonds. The second-order valence-electron chi connectivity index (χ2n) is 6.96. The van der Waals surface area contributed by atoms with Crippen molar-refractivity contribution in [3.63, 3.8) is 0 Å². The molecular weight excluding hydrogens is 428 g/mol. The molecule has 3 heterocycles. The Labute approximate surface area is 186 Å². The van der Waals surface area contributed by atoms with Crippen LogP contribution in [0.1, 0.15) is 21.1 Å². The Morgan fingerprint density at radius 2 is 1.87 bits per heavy atom. The number of para-hydroxylation sites is 1. The van der Waals surface area contributed by atoms with Gasteiger partial charge in [-0.3, -0.25) is 14.7 Å². The highest BCUT2D eigenvalue weighted by Gasteiger charge is 2.26. The lowest BCUT2D eigenvalue weighted by Gasteiger charge is -2.18. The van der Waals surface area contributed by atoms with Crippen molar-refractivity contribution in [2.75, 3.05) is 12.0 Å². The van der Waals surface area contributed by atoms with Gasteiger partial charge >= 0.3 is 0 Å². The highest BCUT2D eigenvalue weighted by Crippen LogP contribution is 2.37. The minimum atomic E-state index is -0.192. The van der Waals surface area contributed by atoms with Gasteiger partial charge in [-0.05, 0) is 42.8 Å². The molecule has 5 rings (SSSR count). The highest BCUT2D eigenvalue weighted by atomic mass is 32.1. The van der Waals surface area contributed by atoms with E-state index in [-0.39, 0.29) is 5.91 Å². The molecule has 0 saturated carbocycles. The third-order valence-electron chi connectivity index (χ3n) is 4.91. The molecule has 31 heavy (non-hydrogen) atoms. The van der Waals surface area contributed by atoms with Gasteiger partial charge in [-0.1, -0.05) is 35.6 Å². The summed E-state index contributed by atoms with van der Waals surface area (Å²) in [5.41, 5.74) is 3.44. The third-order valence-corrected chi connectivity index (χ3v) is 7.15. The summed E-state index contributed by atoms with van der Waals surface area (Å²) in [6, 6.07) is 17.3.